The third-order valence-corrected chi connectivity index (χ3v) is 4.34. The van der Waals surface area contributed by atoms with Crippen LogP contribution in [0.4, 0.5) is 13.2 Å². The average Bonchev–Trinajstić information content (AvgIpc) is 3.30. The lowest BCUT2D eigenvalue weighted by Gasteiger charge is -2.37. The molecule has 1 aliphatic heterocycles. The summed E-state index contributed by atoms with van der Waals surface area (Å²) in [6, 6.07) is 3.98. The number of aliphatic imine (C=N–C) groups is 1. The molecule has 22 heavy (non-hydrogen) atoms. The van der Waals surface area contributed by atoms with E-state index in [1.54, 1.807) is 12.1 Å². The number of halogens is 4. The van der Waals surface area contributed by atoms with Crippen molar-refractivity contribution < 1.29 is 13.2 Å². The van der Waals surface area contributed by atoms with Gasteiger partial charge in [-0.2, -0.15) is 13.2 Å². The van der Waals surface area contributed by atoms with E-state index in [0.717, 1.165) is 18.9 Å². The Morgan fingerprint density at radius 1 is 1.32 bits per heavy atom. The predicted octanol–water partition coefficient (Wildman–Crippen LogP) is 4.36. The number of pyridine rings is 1. The van der Waals surface area contributed by atoms with Crippen molar-refractivity contribution in [2.24, 2.45) is 10.9 Å². The zero-order valence-corrected chi connectivity index (χ0v) is 12.6. The zero-order valence-electron chi connectivity index (χ0n) is 11.9. The zero-order chi connectivity index (χ0) is 15.9. The van der Waals surface area contributed by atoms with Crippen molar-refractivity contribution in [3.8, 4) is 0 Å². The van der Waals surface area contributed by atoms with Gasteiger partial charge in [0.05, 0.1) is 5.69 Å². The Hall–Kier alpha value is -1.56. The molecule has 1 aliphatic carbocycles. The lowest BCUT2D eigenvalue weighted by atomic mass is 10.1. The van der Waals surface area contributed by atoms with Crippen LogP contribution in [0.2, 0.25) is 0 Å². The van der Waals surface area contributed by atoms with E-state index in [4.69, 9.17) is 11.6 Å². The van der Waals surface area contributed by atoms with Crippen LogP contribution < -0.4 is 0 Å². The summed E-state index contributed by atoms with van der Waals surface area (Å²) in [5.74, 6) is 0.503. The predicted molar refractivity (Wildman–Crippen MR) is 78.4 cm³/mol. The Balaban J connectivity index is 1.95. The molecule has 1 aromatic heterocycles. The molecule has 1 aromatic rings. The van der Waals surface area contributed by atoms with Crippen molar-refractivity contribution in [2.45, 2.75) is 38.1 Å². The summed E-state index contributed by atoms with van der Waals surface area (Å²) in [4.78, 5) is 9.89. The van der Waals surface area contributed by atoms with Crippen molar-refractivity contribution in [2.75, 3.05) is 0 Å². The van der Waals surface area contributed by atoms with E-state index < -0.39 is 18.0 Å². The average molecular weight is 330 g/mol. The standard InChI is InChI=1S/C15H15ClF3N3/c1-9(10-5-6-10)22-13(16)7-8-20-14(22)11-3-2-4-12(21-11)15(17,18)19/h2-4,7-10,14H,5-6H2,1H3/t9?,14-/m1/s1. The lowest BCUT2D eigenvalue weighted by Crippen LogP contribution is -2.37. The third kappa shape index (κ3) is 2.97. The fourth-order valence-electron chi connectivity index (χ4n) is 2.66. The summed E-state index contributed by atoms with van der Waals surface area (Å²) >= 11 is 6.27. The van der Waals surface area contributed by atoms with Crippen molar-refractivity contribution in [1.82, 2.24) is 9.88 Å². The Labute approximate surface area is 131 Å². The molecule has 2 heterocycles. The molecule has 0 amide bonds. The fraction of sp³-hybridized carbons (Fsp3) is 0.467. The van der Waals surface area contributed by atoms with Crippen LogP contribution in [-0.4, -0.2) is 22.1 Å². The van der Waals surface area contributed by atoms with Crippen LogP contribution in [0.3, 0.4) is 0 Å². The lowest BCUT2D eigenvalue weighted by molar-refractivity contribution is -0.141. The van der Waals surface area contributed by atoms with Crippen LogP contribution in [0.5, 0.6) is 0 Å². The van der Waals surface area contributed by atoms with Crippen molar-refractivity contribution in [3.63, 3.8) is 0 Å². The minimum absolute atomic E-state index is 0.113. The van der Waals surface area contributed by atoms with E-state index in [1.165, 1.54) is 12.3 Å². The van der Waals surface area contributed by atoms with E-state index in [2.05, 4.69) is 9.98 Å². The summed E-state index contributed by atoms with van der Waals surface area (Å²) in [7, 11) is 0. The van der Waals surface area contributed by atoms with Gasteiger partial charge in [0.1, 0.15) is 10.9 Å². The smallest absolute Gasteiger partial charge is 0.332 e. The molecule has 2 atom stereocenters. The van der Waals surface area contributed by atoms with E-state index in [-0.39, 0.29) is 11.7 Å². The molecule has 0 N–H and O–H groups in total. The molecule has 3 rings (SSSR count). The fourth-order valence-corrected chi connectivity index (χ4v) is 2.96. The van der Waals surface area contributed by atoms with Crippen LogP contribution in [-0.2, 0) is 6.18 Å². The van der Waals surface area contributed by atoms with E-state index in [1.807, 2.05) is 11.8 Å². The molecule has 0 radical (unpaired) electrons. The second kappa shape index (κ2) is 5.57. The highest BCUT2D eigenvalue weighted by molar-refractivity contribution is 6.30. The van der Waals surface area contributed by atoms with Gasteiger partial charge in [-0.05, 0) is 43.9 Å². The molecule has 1 fully saturated rings. The molecule has 2 aliphatic rings. The van der Waals surface area contributed by atoms with Gasteiger partial charge >= 0.3 is 6.18 Å². The molecule has 0 saturated heterocycles. The highest BCUT2D eigenvalue weighted by Crippen LogP contribution is 2.42. The van der Waals surface area contributed by atoms with E-state index >= 15 is 0 Å². The first-order chi connectivity index (χ1) is 10.4. The summed E-state index contributed by atoms with van der Waals surface area (Å²) in [6.07, 6.45) is 0.300. The number of rotatable bonds is 3. The van der Waals surface area contributed by atoms with Crippen LogP contribution in [0.1, 0.15) is 37.3 Å². The minimum Gasteiger partial charge on any atom is -0.332 e. The highest BCUT2D eigenvalue weighted by atomic mass is 35.5. The monoisotopic (exact) mass is 329 g/mol. The van der Waals surface area contributed by atoms with Gasteiger partial charge in [-0.1, -0.05) is 17.7 Å². The molecular formula is C15H15ClF3N3. The van der Waals surface area contributed by atoms with Gasteiger partial charge < -0.3 is 4.90 Å². The maximum absolute atomic E-state index is 12.9. The Morgan fingerprint density at radius 2 is 2.05 bits per heavy atom. The van der Waals surface area contributed by atoms with Gasteiger partial charge in [0.2, 0.25) is 0 Å². The number of alkyl halides is 3. The second-order valence-electron chi connectivity index (χ2n) is 5.59. The first-order valence-electron chi connectivity index (χ1n) is 7.09. The third-order valence-electron chi connectivity index (χ3n) is 4.02. The van der Waals surface area contributed by atoms with E-state index in [9.17, 15) is 13.2 Å². The molecule has 1 unspecified atom stereocenters. The maximum Gasteiger partial charge on any atom is 0.433 e. The largest absolute Gasteiger partial charge is 0.433 e. The molecule has 0 spiro atoms. The molecule has 7 heteroatoms. The SMILES string of the molecule is CC(C1CC1)N1C(Cl)=CC=N[C@H]1c1cccc(C(F)(F)F)n1. The molecule has 3 nitrogen and oxygen atoms in total. The molecular weight excluding hydrogens is 315 g/mol. The van der Waals surface area contributed by atoms with Gasteiger partial charge in [0.15, 0.2) is 6.17 Å². The Bertz CT molecular complexity index is 623. The van der Waals surface area contributed by atoms with Crippen LogP contribution in [0.25, 0.3) is 0 Å². The van der Waals surface area contributed by atoms with Gasteiger partial charge in [0, 0.05) is 12.3 Å². The van der Waals surface area contributed by atoms with Crippen molar-refractivity contribution in [3.05, 3.63) is 40.8 Å². The normalized spacial score (nSPS) is 23.4. The van der Waals surface area contributed by atoms with Gasteiger partial charge in [-0.15, -0.1) is 0 Å². The summed E-state index contributed by atoms with van der Waals surface area (Å²) in [5, 5.41) is 0.485. The molecule has 0 aromatic carbocycles. The minimum atomic E-state index is -4.47. The molecule has 118 valence electrons. The maximum atomic E-state index is 12.9. The number of hydrogen-bond donors (Lipinski definition) is 0. The molecule has 1 saturated carbocycles. The number of allylic oxidation sites excluding steroid dienone is 1. The van der Waals surface area contributed by atoms with Crippen LogP contribution in [0, 0.1) is 5.92 Å². The first kappa shape index (κ1) is 15.3. The summed E-state index contributed by atoms with van der Waals surface area (Å²) < 4.78 is 38.6. The van der Waals surface area contributed by atoms with E-state index in [0.29, 0.717) is 11.1 Å². The van der Waals surface area contributed by atoms with Gasteiger partial charge in [-0.25, -0.2) is 4.98 Å². The molecule has 0 bridgehead atoms. The Kier molecular flexibility index (Phi) is 3.89. The highest BCUT2D eigenvalue weighted by Gasteiger charge is 2.38. The van der Waals surface area contributed by atoms with Crippen molar-refractivity contribution >= 4 is 17.8 Å². The number of aromatic nitrogens is 1. The number of hydrogen-bond acceptors (Lipinski definition) is 3. The summed E-state index contributed by atoms with van der Waals surface area (Å²) in [5.41, 5.74) is -0.658. The van der Waals surface area contributed by atoms with Crippen molar-refractivity contribution in [1.29, 1.82) is 0 Å². The quantitative estimate of drug-likeness (QED) is 0.771. The Morgan fingerprint density at radius 3 is 2.68 bits per heavy atom. The van der Waals surface area contributed by atoms with Gasteiger partial charge in [-0.3, -0.25) is 4.99 Å². The second-order valence-corrected chi connectivity index (χ2v) is 5.98. The first-order valence-corrected chi connectivity index (χ1v) is 7.47. The summed E-state index contributed by atoms with van der Waals surface area (Å²) in [6.45, 7) is 2.02. The van der Waals surface area contributed by atoms with Gasteiger partial charge in [0.25, 0.3) is 0 Å². The topological polar surface area (TPSA) is 28.5 Å². The number of nitrogens with zero attached hydrogens (tertiary/aromatic N) is 3. The van der Waals surface area contributed by atoms with Crippen LogP contribution >= 0.6 is 11.6 Å². The van der Waals surface area contributed by atoms with Crippen LogP contribution in [0.15, 0.2) is 34.4 Å².